The molecule has 82 valence electrons. The lowest BCUT2D eigenvalue weighted by atomic mass is 10.2. The number of rotatable bonds is 4. The van der Waals surface area contributed by atoms with Gasteiger partial charge < -0.3 is 4.90 Å². The quantitative estimate of drug-likeness (QED) is 0.551. The van der Waals surface area contributed by atoms with Crippen LogP contribution in [-0.4, -0.2) is 40.8 Å². The fraction of sp³-hybridized carbons (Fsp3) is 0.900. The van der Waals surface area contributed by atoms with Gasteiger partial charge in [-0.15, -0.1) is 11.6 Å². The molecule has 0 aromatic heterocycles. The molecule has 0 bridgehead atoms. The Labute approximate surface area is 95.4 Å². The highest BCUT2D eigenvalue weighted by atomic mass is 35.5. The van der Waals surface area contributed by atoms with Crippen LogP contribution in [0.3, 0.4) is 0 Å². The predicted octanol–water partition coefficient (Wildman–Crippen LogP) is 2.36. The van der Waals surface area contributed by atoms with Gasteiger partial charge in [-0.05, 0) is 19.8 Å². The van der Waals surface area contributed by atoms with Crippen LogP contribution >= 0.6 is 23.4 Å². The van der Waals surface area contributed by atoms with E-state index < -0.39 is 0 Å². The summed E-state index contributed by atoms with van der Waals surface area (Å²) in [5.41, 5.74) is 0. The molecule has 1 unspecified atom stereocenters. The number of carbonyl (C=O) groups is 1. The largest absolute Gasteiger partial charge is 0.338 e. The Morgan fingerprint density at radius 3 is 3.00 bits per heavy atom. The van der Waals surface area contributed by atoms with Gasteiger partial charge in [0.2, 0.25) is 5.91 Å². The smallest absolute Gasteiger partial charge is 0.222 e. The van der Waals surface area contributed by atoms with Crippen molar-refractivity contribution in [2.75, 3.05) is 23.9 Å². The van der Waals surface area contributed by atoms with Crippen molar-refractivity contribution in [1.29, 1.82) is 0 Å². The molecule has 1 fully saturated rings. The van der Waals surface area contributed by atoms with Crippen LogP contribution in [0.25, 0.3) is 0 Å². The minimum atomic E-state index is 0.308. The maximum absolute atomic E-state index is 11.8. The summed E-state index contributed by atoms with van der Waals surface area (Å²) in [5, 5.41) is 0. The van der Waals surface area contributed by atoms with Gasteiger partial charge >= 0.3 is 0 Å². The van der Waals surface area contributed by atoms with Gasteiger partial charge in [-0.3, -0.25) is 4.79 Å². The number of carbonyl (C=O) groups excluding carboxylic acids is 1. The van der Waals surface area contributed by atoms with E-state index in [0.717, 1.165) is 30.9 Å². The van der Waals surface area contributed by atoms with E-state index in [1.165, 1.54) is 0 Å². The Morgan fingerprint density at radius 2 is 2.36 bits per heavy atom. The second-order valence-electron chi connectivity index (χ2n) is 3.66. The number of hydrogen-bond acceptors (Lipinski definition) is 2. The average Bonchev–Trinajstić information content (AvgIpc) is 2.18. The molecule has 0 saturated carbocycles. The fourth-order valence-corrected chi connectivity index (χ4v) is 2.81. The summed E-state index contributed by atoms with van der Waals surface area (Å²) in [6.07, 6.45) is 2.55. The van der Waals surface area contributed by atoms with Gasteiger partial charge in [0.1, 0.15) is 0 Å². The summed E-state index contributed by atoms with van der Waals surface area (Å²) in [5.74, 6) is 3.15. The highest BCUT2D eigenvalue weighted by Crippen LogP contribution is 2.17. The summed E-state index contributed by atoms with van der Waals surface area (Å²) in [4.78, 5) is 13.8. The first kappa shape index (κ1) is 12.2. The molecule has 14 heavy (non-hydrogen) atoms. The van der Waals surface area contributed by atoms with Crippen LogP contribution in [0.4, 0.5) is 0 Å². The van der Waals surface area contributed by atoms with Crippen molar-refractivity contribution in [3.63, 3.8) is 0 Å². The third-order valence-electron chi connectivity index (χ3n) is 2.46. The number of amides is 1. The van der Waals surface area contributed by atoms with Gasteiger partial charge in [0.05, 0.1) is 0 Å². The van der Waals surface area contributed by atoms with Gasteiger partial charge in [0, 0.05) is 36.4 Å². The van der Waals surface area contributed by atoms with Crippen molar-refractivity contribution >= 4 is 29.3 Å². The maximum Gasteiger partial charge on any atom is 0.222 e. The van der Waals surface area contributed by atoms with Gasteiger partial charge in [0.25, 0.3) is 0 Å². The SMILES string of the molecule is CC1CSCCN1C(=O)CCCCCl. The van der Waals surface area contributed by atoms with E-state index in [-0.39, 0.29) is 0 Å². The monoisotopic (exact) mass is 235 g/mol. The molecule has 0 spiro atoms. The summed E-state index contributed by atoms with van der Waals surface area (Å²) in [7, 11) is 0. The molecule has 0 radical (unpaired) electrons. The molecular weight excluding hydrogens is 218 g/mol. The topological polar surface area (TPSA) is 20.3 Å². The minimum Gasteiger partial charge on any atom is -0.338 e. The number of thioether (sulfide) groups is 1. The van der Waals surface area contributed by atoms with E-state index in [0.29, 0.717) is 24.2 Å². The van der Waals surface area contributed by atoms with Crippen LogP contribution in [-0.2, 0) is 4.79 Å². The molecular formula is C10H18ClNOS. The molecule has 0 aromatic rings. The molecule has 1 heterocycles. The summed E-state index contributed by atoms with van der Waals surface area (Å²) in [6, 6.07) is 0.414. The zero-order chi connectivity index (χ0) is 10.4. The van der Waals surface area contributed by atoms with Gasteiger partial charge in [-0.2, -0.15) is 11.8 Å². The van der Waals surface area contributed by atoms with Crippen LogP contribution in [0.15, 0.2) is 0 Å². The van der Waals surface area contributed by atoms with Crippen LogP contribution < -0.4 is 0 Å². The second kappa shape index (κ2) is 6.57. The van der Waals surface area contributed by atoms with E-state index >= 15 is 0 Å². The lowest BCUT2D eigenvalue weighted by molar-refractivity contribution is -0.132. The first-order valence-electron chi connectivity index (χ1n) is 5.19. The van der Waals surface area contributed by atoms with Crippen LogP contribution in [0.2, 0.25) is 0 Å². The Hall–Kier alpha value is 0.110. The first-order valence-corrected chi connectivity index (χ1v) is 6.88. The lowest BCUT2D eigenvalue weighted by Crippen LogP contribution is -2.44. The number of unbranched alkanes of at least 4 members (excludes halogenated alkanes) is 1. The zero-order valence-electron chi connectivity index (χ0n) is 8.67. The zero-order valence-corrected chi connectivity index (χ0v) is 10.2. The standard InChI is InChI=1S/C10H18ClNOS/c1-9-8-14-7-6-12(9)10(13)4-2-3-5-11/h9H,2-8H2,1H3. The highest BCUT2D eigenvalue weighted by Gasteiger charge is 2.22. The second-order valence-corrected chi connectivity index (χ2v) is 5.18. The molecule has 1 aliphatic heterocycles. The first-order chi connectivity index (χ1) is 6.75. The number of nitrogens with zero attached hydrogens (tertiary/aromatic N) is 1. The molecule has 1 rings (SSSR count). The van der Waals surface area contributed by atoms with Crippen molar-refractivity contribution < 1.29 is 4.79 Å². The Morgan fingerprint density at radius 1 is 1.57 bits per heavy atom. The predicted molar refractivity (Wildman–Crippen MR) is 63.1 cm³/mol. The molecule has 4 heteroatoms. The Bertz CT molecular complexity index is 189. The average molecular weight is 236 g/mol. The van der Waals surface area contributed by atoms with Crippen LogP contribution in [0, 0.1) is 0 Å². The highest BCUT2D eigenvalue weighted by molar-refractivity contribution is 7.99. The molecule has 2 nitrogen and oxygen atoms in total. The fourth-order valence-electron chi connectivity index (χ4n) is 1.61. The normalized spacial score (nSPS) is 22.4. The van der Waals surface area contributed by atoms with E-state index in [9.17, 15) is 4.79 Å². The van der Waals surface area contributed by atoms with Gasteiger partial charge in [-0.25, -0.2) is 0 Å². The van der Waals surface area contributed by atoms with Crippen LogP contribution in [0.1, 0.15) is 26.2 Å². The van der Waals surface area contributed by atoms with E-state index in [1.54, 1.807) is 0 Å². The lowest BCUT2D eigenvalue weighted by Gasteiger charge is -2.33. The van der Waals surface area contributed by atoms with Gasteiger partial charge in [-0.1, -0.05) is 0 Å². The van der Waals surface area contributed by atoms with E-state index in [2.05, 4.69) is 6.92 Å². The van der Waals surface area contributed by atoms with Crippen molar-refractivity contribution in [3.05, 3.63) is 0 Å². The Kier molecular flexibility index (Phi) is 5.71. The number of halogens is 1. The maximum atomic E-state index is 11.8. The summed E-state index contributed by atoms with van der Waals surface area (Å²) >= 11 is 7.51. The van der Waals surface area contributed by atoms with Gasteiger partial charge in [0.15, 0.2) is 0 Å². The molecule has 1 saturated heterocycles. The molecule has 0 aromatic carbocycles. The van der Waals surface area contributed by atoms with Crippen molar-refractivity contribution in [2.24, 2.45) is 0 Å². The Balaban J connectivity index is 2.27. The minimum absolute atomic E-state index is 0.308. The van der Waals surface area contributed by atoms with E-state index in [1.807, 2.05) is 16.7 Å². The molecule has 1 atom stereocenters. The van der Waals surface area contributed by atoms with E-state index in [4.69, 9.17) is 11.6 Å². The van der Waals surface area contributed by atoms with Crippen LogP contribution in [0.5, 0.6) is 0 Å². The van der Waals surface area contributed by atoms with Crippen molar-refractivity contribution in [2.45, 2.75) is 32.2 Å². The third-order valence-corrected chi connectivity index (χ3v) is 3.92. The molecule has 0 aliphatic carbocycles. The third kappa shape index (κ3) is 3.70. The van der Waals surface area contributed by atoms with Crippen molar-refractivity contribution in [1.82, 2.24) is 4.90 Å². The summed E-state index contributed by atoms with van der Waals surface area (Å²) in [6.45, 7) is 3.05. The molecule has 0 N–H and O–H groups in total. The summed E-state index contributed by atoms with van der Waals surface area (Å²) < 4.78 is 0. The number of hydrogen-bond donors (Lipinski definition) is 0. The molecule has 1 aliphatic rings. The molecule has 1 amide bonds. The number of alkyl halides is 1. The van der Waals surface area contributed by atoms with Crippen molar-refractivity contribution in [3.8, 4) is 0 Å².